The first kappa shape index (κ1) is 14.6. The number of carboxylic acid groups (broad SMARTS) is 1. The molecule has 102 valence electrons. The number of hydrogen-bond donors (Lipinski definition) is 1. The van der Waals surface area contributed by atoms with E-state index in [1.54, 1.807) is 0 Å². The summed E-state index contributed by atoms with van der Waals surface area (Å²) in [6.07, 6.45) is -4.32. The van der Waals surface area contributed by atoms with Gasteiger partial charge < -0.3 is 14.6 Å². The third kappa shape index (κ3) is 4.06. The molecule has 5 nitrogen and oxygen atoms in total. The van der Waals surface area contributed by atoms with Crippen molar-refractivity contribution in [1.29, 1.82) is 0 Å². The van der Waals surface area contributed by atoms with Crippen LogP contribution in [0.5, 0.6) is 11.5 Å². The smallest absolute Gasteiger partial charge is 0.474 e. The Labute approximate surface area is 107 Å². The van der Waals surface area contributed by atoms with Gasteiger partial charge in [0.1, 0.15) is 11.5 Å². The molecule has 1 N–H and O–H groups in total. The summed E-state index contributed by atoms with van der Waals surface area (Å²) in [6, 6.07) is 4.48. The van der Waals surface area contributed by atoms with E-state index in [9.17, 15) is 18.4 Å². The monoisotopic (exact) mass is 272 g/mol. The number of alkyl halides is 2. The maximum atomic E-state index is 12.7. The molecule has 1 aromatic rings. The summed E-state index contributed by atoms with van der Waals surface area (Å²) in [5.41, 5.74) is 0.178. The summed E-state index contributed by atoms with van der Waals surface area (Å²) in [5, 5.41) is 8.18. The lowest BCUT2D eigenvalue weighted by Crippen LogP contribution is -2.34. The molecular formula is C12H10F2O5. The Kier molecular flexibility index (Phi) is 4.21. The van der Waals surface area contributed by atoms with Gasteiger partial charge in [-0.2, -0.15) is 8.78 Å². The summed E-state index contributed by atoms with van der Waals surface area (Å²) < 4.78 is 34.3. The van der Waals surface area contributed by atoms with Crippen LogP contribution in [0, 0.1) is 0 Å². The van der Waals surface area contributed by atoms with E-state index in [0.717, 1.165) is 12.1 Å². The molecule has 0 aliphatic rings. The number of carbonyl (C=O) groups is 2. The predicted octanol–water partition coefficient (Wildman–Crippen LogP) is 2.22. The summed E-state index contributed by atoms with van der Waals surface area (Å²) in [6.45, 7) is 4.82. The Bertz CT molecular complexity index is 507. The number of halogens is 2. The quantitative estimate of drug-likeness (QED) is 0.505. The predicted molar refractivity (Wildman–Crippen MR) is 60.1 cm³/mol. The fraction of sp³-hybridized carbons (Fsp3) is 0.167. The Morgan fingerprint density at radius 1 is 1.21 bits per heavy atom. The molecule has 7 heteroatoms. The number of carboxylic acids is 1. The van der Waals surface area contributed by atoms with Gasteiger partial charge in [0.15, 0.2) is 0 Å². The molecule has 0 aliphatic carbocycles. The van der Waals surface area contributed by atoms with Crippen LogP contribution in [0.2, 0.25) is 0 Å². The van der Waals surface area contributed by atoms with Crippen LogP contribution in [0.4, 0.5) is 8.78 Å². The first-order chi connectivity index (χ1) is 8.72. The van der Waals surface area contributed by atoms with Crippen LogP contribution in [0.1, 0.15) is 6.92 Å². The molecule has 1 rings (SSSR count). The van der Waals surface area contributed by atoms with Gasteiger partial charge in [-0.1, -0.05) is 6.58 Å². The molecular weight excluding hydrogens is 262 g/mol. The van der Waals surface area contributed by atoms with Crippen LogP contribution in [0.15, 0.2) is 36.4 Å². The third-order valence-corrected chi connectivity index (χ3v) is 1.88. The fourth-order valence-corrected chi connectivity index (χ4v) is 0.962. The van der Waals surface area contributed by atoms with Crippen LogP contribution >= 0.6 is 0 Å². The van der Waals surface area contributed by atoms with E-state index in [1.807, 2.05) is 0 Å². The number of aliphatic carboxylic acids is 1. The Morgan fingerprint density at radius 2 is 1.68 bits per heavy atom. The van der Waals surface area contributed by atoms with Crippen LogP contribution in [-0.4, -0.2) is 23.2 Å². The Hall–Kier alpha value is -2.44. The molecule has 19 heavy (non-hydrogen) atoms. The van der Waals surface area contributed by atoms with Gasteiger partial charge in [-0.3, -0.25) is 0 Å². The highest BCUT2D eigenvalue weighted by Crippen LogP contribution is 2.24. The van der Waals surface area contributed by atoms with Crippen molar-refractivity contribution in [2.45, 2.75) is 13.0 Å². The highest BCUT2D eigenvalue weighted by molar-refractivity contribution is 5.88. The van der Waals surface area contributed by atoms with Crippen LogP contribution in [-0.2, 0) is 9.59 Å². The van der Waals surface area contributed by atoms with Crippen molar-refractivity contribution in [3.63, 3.8) is 0 Å². The van der Waals surface area contributed by atoms with E-state index in [4.69, 9.17) is 9.84 Å². The van der Waals surface area contributed by atoms with Gasteiger partial charge in [-0.15, -0.1) is 0 Å². The highest BCUT2D eigenvalue weighted by Gasteiger charge is 2.42. The van der Waals surface area contributed by atoms with Crippen molar-refractivity contribution in [1.82, 2.24) is 0 Å². The third-order valence-electron chi connectivity index (χ3n) is 1.88. The normalized spacial score (nSPS) is 10.7. The van der Waals surface area contributed by atoms with E-state index in [1.165, 1.54) is 19.1 Å². The minimum atomic E-state index is -4.32. The topological polar surface area (TPSA) is 72.8 Å². The second kappa shape index (κ2) is 5.47. The average Bonchev–Trinajstić information content (AvgIpc) is 2.30. The van der Waals surface area contributed by atoms with Crippen molar-refractivity contribution in [3.8, 4) is 11.5 Å². The fourth-order valence-electron chi connectivity index (χ4n) is 0.962. The maximum Gasteiger partial charge on any atom is 0.501 e. The van der Waals surface area contributed by atoms with Crippen LogP contribution in [0.25, 0.3) is 0 Å². The van der Waals surface area contributed by atoms with Gasteiger partial charge in [0.2, 0.25) is 0 Å². The Morgan fingerprint density at radius 3 is 2.11 bits per heavy atom. The van der Waals surface area contributed by atoms with Gasteiger partial charge >= 0.3 is 18.0 Å². The van der Waals surface area contributed by atoms with E-state index in [-0.39, 0.29) is 17.1 Å². The van der Waals surface area contributed by atoms with Crippen molar-refractivity contribution < 1.29 is 33.0 Å². The van der Waals surface area contributed by atoms with Crippen LogP contribution in [0.3, 0.4) is 0 Å². The Balaban J connectivity index is 2.75. The largest absolute Gasteiger partial charge is 0.501 e. The molecule has 0 atom stereocenters. The lowest BCUT2D eigenvalue weighted by atomic mass is 10.3. The van der Waals surface area contributed by atoms with Gasteiger partial charge in [-0.05, 0) is 31.2 Å². The van der Waals surface area contributed by atoms with Gasteiger partial charge in [0, 0.05) is 5.57 Å². The molecule has 0 bridgehead atoms. The molecule has 0 spiro atoms. The highest BCUT2D eigenvalue weighted by atomic mass is 19.3. The zero-order valence-corrected chi connectivity index (χ0v) is 9.85. The number of benzene rings is 1. The second-order valence-corrected chi connectivity index (χ2v) is 3.57. The summed E-state index contributed by atoms with van der Waals surface area (Å²) >= 11 is 0. The SMILES string of the molecule is C=C(C)C(=O)Oc1ccc(OC(F)(F)C(=O)O)cc1. The van der Waals surface area contributed by atoms with Gasteiger partial charge in [-0.25, -0.2) is 9.59 Å². The van der Waals surface area contributed by atoms with Crippen molar-refractivity contribution in [2.75, 3.05) is 0 Å². The van der Waals surface area contributed by atoms with Crippen LogP contribution < -0.4 is 9.47 Å². The molecule has 0 aromatic heterocycles. The average molecular weight is 272 g/mol. The molecule has 0 heterocycles. The summed E-state index contributed by atoms with van der Waals surface area (Å²) in [7, 11) is 0. The zero-order chi connectivity index (χ0) is 14.6. The molecule has 0 aliphatic heterocycles. The van der Waals surface area contributed by atoms with E-state index < -0.39 is 18.0 Å². The summed E-state index contributed by atoms with van der Waals surface area (Å²) in [5.74, 6) is -3.34. The number of rotatable bonds is 5. The molecule has 0 fully saturated rings. The standard InChI is InChI=1S/C12H10F2O5/c1-7(2)10(15)18-8-3-5-9(6-4-8)19-12(13,14)11(16)17/h3-6H,1H2,2H3,(H,16,17). The molecule has 0 unspecified atom stereocenters. The lowest BCUT2D eigenvalue weighted by Gasteiger charge is -2.13. The molecule has 0 saturated heterocycles. The molecule has 0 saturated carbocycles. The molecule has 0 radical (unpaired) electrons. The second-order valence-electron chi connectivity index (χ2n) is 3.57. The van der Waals surface area contributed by atoms with Crippen molar-refractivity contribution in [3.05, 3.63) is 36.4 Å². The molecule has 0 amide bonds. The zero-order valence-electron chi connectivity index (χ0n) is 9.85. The number of esters is 1. The van der Waals surface area contributed by atoms with E-state index >= 15 is 0 Å². The number of hydrogen-bond acceptors (Lipinski definition) is 4. The number of ether oxygens (including phenoxy) is 2. The lowest BCUT2D eigenvalue weighted by molar-refractivity contribution is -0.210. The minimum Gasteiger partial charge on any atom is -0.474 e. The maximum absolute atomic E-state index is 12.7. The van der Waals surface area contributed by atoms with E-state index in [2.05, 4.69) is 11.3 Å². The minimum absolute atomic E-state index is 0.0963. The summed E-state index contributed by atoms with van der Waals surface area (Å²) in [4.78, 5) is 21.3. The van der Waals surface area contributed by atoms with E-state index in [0.29, 0.717) is 0 Å². The van der Waals surface area contributed by atoms with Crippen molar-refractivity contribution in [2.24, 2.45) is 0 Å². The van der Waals surface area contributed by atoms with Gasteiger partial charge in [0.25, 0.3) is 0 Å². The first-order valence-electron chi connectivity index (χ1n) is 5.00. The number of carbonyl (C=O) groups excluding carboxylic acids is 1. The molecule has 1 aromatic carbocycles. The van der Waals surface area contributed by atoms with Gasteiger partial charge in [0.05, 0.1) is 0 Å². The van der Waals surface area contributed by atoms with Crippen molar-refractivity contribution >= 4 is 11.9 Å². The first-order valence-corrected chi connectivity index (χ1v) is 5.00.